The average Bonchev–Trinajstić information content (AvgIpc) is 3.47. The first-order valence-electron chi connectivity index (χ1n) is 11.4. The van der Waals surface area contributed by atoms with Crippen LogP contribution < -0.4 is 10.6 Å². The molecule has 7 nitrogen and oxygen atoms in total. The fourth-order valence-corrected chi connectivity index (χ4v) is 3.74. The molecule has 0 unspecified atom stereocenters. The van der Waals surface area contributed by atoms with Crippen molar-refractivity contribution >= 4 is 23.6 Å². The van der Waals surface area contributed by atoms with Crippen LogP contribution in [0.5, 0.6) is 0 Å². The van der Waals surface area contributed by atoms with E-state index in [1.54, 1.807) is 24.3 Å². The highest BCUT2D eigenvalue weighted by Gasteiger charge is 2.11. The van der Waals surface area contributed by atoms with Crippen molar-refractivity contribution < 1.29 is 14.0 Å². The van der Waals surface area contributed by atoms with Gasteiger partial charge in [-0.1, -0.05) is 42.0 Å². The van der Waals surface area contributed by atoms with Crippen molar-refractivity contribution in [3.05, 3.63) is 112 Å². The zero-order chi connectivity index (χ0) is 24.8. The number of rotatable bonds is 8. The maximum atomic E-state index is 12.5. The number of benzene rings is 2. The lowest BCUT2D eigenvalue weighted by Crippen LogP contribution is -2.20. The van der Waals surface area contributed by atoms with Crippen LogP contribution in [0.3, 0.4) is 0 Å². The van der Waals surface area contributed by atoms with Crippen LogP contribution in [0.15, 0.2) is 77.4 Å². The lowest BCUT2D eigenvalue weighted by Gasteiger charge is -2.07. The topological polar surface area (TPSA) is 89.2 Å². The molecular weight excluding hydrogens is 440 g/mol. The number of nitrogens with zero attached hydrogens (tertiary/aromatic N) is 2. The van der Waals surface area contributed by atoms with E-state index in [0.717, 1.165) is 22.5 Å². The molecule has 0 fully saturated rings. The lowest BCUT2D eigenvalue weighted by atomic mass is 10.1. The molecule has 2 N–H and O–H groups in total. The molecule has 0 saturated carbocycles. The Labute approximate surface area is 204 Å². The number of aromatic nitrogens is 2. The number of hydrogen-bond acceptors (Lipinski definition) is 4. The fraction of sp³-hybridized carbons (Fsp3) is 0.179. The lowest BCUT2D eigenvalue weighted by molar-refractivity contribution is -0.116. The molecule has 0 spiro atoms. The van der Waals surface area contributed by atoms with E-state index in [-0.39, 0.29) is 17.6 Å². The van der Waals surface area contributed by atoms with Crippen LogP contribution in [-0.2, 0) is 17.9 Å². The van der Waals surface area contributed by atoms with Gasteiger partial charge in [-0.15, -0.1) is 0 Å². The summed E-state index contributed by atoms with van der Waals surface area (Å²) in [7, 11) is 0. The monoisotopic (exact) mass is 468 g/mol. The molecule has 35 heavy (non-hydrogen) atoms. The molecule has 0 atom stereocenters. The predicted molar refractivity (Wildman–Crippen MR) is 136 cm³/mol. The Morgan fingerprint density at radius 2 is 1.80 bits per heavy atom. The average molecular weight is 469 g/mol. The molecule has 0 aliphatic rings. The van der Waals surface area contributed by atoms with E-state index in [1.807, 2.05) is 36.7 Å². The highest BCUT2D eigenvalue weighted by Crippen LogP contribution is 2.17. The summed E-state index contributed by atoms with van der Waals surface area (Å²) in [6.45, 7) is 7.03. The van der Waals surface area contributed by atoms with Crippen LogP contribution >= 0.6 is 0 Å². The number of furan rings is 1. The van der Waals surface area contributed by atoms with Gasteiger partial charge in [-0.3, -0.25) is 14.3 Å². The van der Waals surface area contributed by atoms with Crippen molar-refractivity contribution in [2.75, 3.05) is 5.32 Å². The molecule has 4 aromatic rings. The number of carbonyl (C=O) groups excluding carboxylic acids is 2. The zero-order valence-electron chi connectivity index (χ0n) is 20.0. The molecular formula is C28H28N4O3. The number of amides is 2. The summed E-state index contributed by atoms with van der Waals surface area (Å²) in [5.41, 5.74) is 6.71. The van der Waals surface area contributed by atoms with Gasteiger partial charge in [-0.25, -0.2) is 0 Å². The molecule has 178 valence electrons. The molecule has 0 radical (unpaired) electrons. The minimum absolute atomic E-state index is 0.208. The van der Waals surface area contributed by atoms with E-state index >= 15 is 0 Å². The highest BCUT2D eigenvalue weighted by atomic mass is 16.3. The summed E-state index contributed by atoms with van der Waals surface area (Å²) < 4.78 is 7.07. The van der Waals surface area contributed by atoms with Gasteiger partial charge in [0, 0.05) is 29.6 Å². The normalized spacial score (nSPS) is 11.1. The van der Waals surface area contributed by atoms with Crippen LogP contribution in [0.25, 0.3) is 6.08 Å². The summed E-state index contributed by atoms with van der Waals surface area (Å²) in [6, 6.07) is 19.0. The third-order valence-electron chi connectivity index (χ3n) is 5.69. The number of anilines is 1. The Kier molecular flexibility index (Phi) is 7.26. The minimum Gasteiger partial charge on any atom is -0.459 e. The second-order valence-electron chi connectivity index (χ2n) is 8.41. The van der Waals surface area contributed by atoms with Gasteiger partial charge in [0.1, 0.15) is 0 Å². The van der Waals surface area contributed by atoms with E-state index < -0.39 is 0 Å². The van der Waals surface area contributed by atoms with Crippen molar-refractivity contribution in [1.82, 2.24) is 15.1 Å². The molecule has 0 aliphatic carbocycles. The number of nitrogens with one attached hydrogen (secondary N) is 2. The third-order valence-corrected chi connectivity index (χ3v) is 5.69. The van der Waals surface area contributed by atoms with Crippen LogP contribution in [0.2, 0.25) is 0 Å². The Morgan fingerprint density at radius 3 is 2.54 bits per heavy atom. The molecule has 2 aromatic heterocycles. The molecule has 2 amide bonds. The predicted octanol–water partition coefficient (Wildman–Crippen LogP) is 5.03. The molecule has 2 heterocycles. The summed E-state index contributed by atoms with van der Waals surface area (Å²) in [5, 5.41) is 10.3. The molecule has 4 rings (SSSR count). The Bertz CT molecular complexity index is 1350. The second kappa shape index (κ2) is 10.7. The van der Waals surface area contributed by atoms with Gasteiger partial charge in [0.2, 0.25) is 5.91 Å². The van der Waals surface area contributed by atoms with Crippen molar-refractivity contribution in [2.45, 2.75) is 33.9 Å². The Balaban J connectivity index is 1.34. The number of hydrogen-bond donors (Lipinski definition) is 2. The first kappa shape index (κ1) is 23.8. The number of carbonyl (C=O) groups is 2. The standard InChI is InChI=1S/C28H28N4O3/c1-19-9-11-22(12-10-19)18-32-21(3)25(20(2)31-32)13-14-27(33)29-17-23-6-4-7-24(16-23)30-28(34)26-8-5-15-35-26/h4-16H,17-18H2,1-3H3,(H,29,33)(H,30,34)/b14-13+. The van der Waals surface area contributed by atoms with Gasteiger partial charge in [-0.05, 0) is 62.2 Å². The van der Waals surface area contributed by atoms with E-state index in [1.165, 1.54) is 23.5 Å². The van der Waals surface area contributed by atoms with E-state index in [4.69, 9.17) is 4.42 Å². The van der Waals surface area contributed by atoms with Crippen molar-refractivity contribution in [1.29, 1.82) is 0 Å². The molecule has 0 saturated heterocycles. The van der Waals surface area contributed by atoms with Crippen molar-refractivity contribution in [3.63, 3.8) is 0 Å². The van der Waals surface area contributed by atoms with Gasteiger partial charge < -0.3 is 15.1 Å². The summed E-state index contributed by atoms with van der Waals surface area (Å²) in [5.74, 6) is -0.297. The van der Waals surface area contributed by atoms with Gasteiger partial charge >= 0.3 is 0 Å². The van der Waals surface area contributed by atoms with E-state index in [9.17, 15) is 9.59 Å². The molecule has 0 bridgehead atoms. The van der Waals surface area contributed by atoms with Gasteiger partial charge in [-0.2, -0.15) is 5.10 Å². The largest absolute Gasteiger partial charge is 0.459 e. The van der Waals surface area contributed by atoms with Crippen molar-refractivity contribution in [2.24, 2.45) is 0 Å². The molecule has 7 heteroatoms. The quantitative estimate of drug-likeness (QED) is 0.355. The van der Waals surface area contributed by atoms with Crippen LogP contribution in [0.1, 0.15) is 44.2 Å². The fourth-order valence-electron chi connectivity index (χ4n) is 3.74. The third kappa shape index (κ3) is 6.14. The summed E-state index contributed by atoms with van der Waals surface area (Å²) in [4.78, 5) is 24.6. The van der Waals surface area contributed by atoms with Crippen LogP contribution in [-0.4, -0.2) is 21.6 Å². The van der Waals surface area contributed by atoms with E-state index in [2.05, 4.69) is 46.9 Å². The summed E-state index contributed by atoms with van der Waals surface area (Å²) >= 11 is 0. The zero-order valence-corrected chi connectivity index (χ0v) is 20.0. The Hall–Kier alpha value is -4.39. The van der Waals surface area contributed by atoms with Gasteiger partial charge in [0.25, 0.3) is 5.91 Å². The van der Waals surface area contributed by atoms with Crippen LogP contribution in [0.4, 0.5) is 5.69 Å². The maximum absolute atomic E-state index is 12.5. The van der Waals surface area contributed by atoms with Crippen LogP contribution in [0, 0.1) is 20.8 Å². The second-order valence-corrected chi connectivity index (χ2v) is 8.41. The maximum Gasteiger partial charge on any atom is 0.291 e. The van der Waals surface area contributed by atoms with Gasteiger partial charge in [0.15, 0.2) is 5.76 Å². The minimum atomic E-state index is -0.326. The highest BCUT2D eigenvalue weighted by molar-refractivity contribution is 6.02. The molecule has 0 aliphatic heterocycles. The first-order chi connectivity index (χ1) is 16.9. The first-order valence-corrected chi connectivity index (χ1v) is 11.4. The van der Waals surface area contributed by atoms with E-state index in [0.29, 0.717) is 18.8 Å². The van der Waals surface area contributed by atoms with Crippen molar-refractivity contribution in [3.8, 4) is 0 Å². The summed E-state index contributed by atoms with van der Waals surface area (Å²) in [6.07, 6.45) is 4.78. The SMILES string of the molecule is Cc1ccc(Cn2nc(C)c(/C=C/C(=O)NCc3cccc(NC(=O)c4ccco4)c3)c2C)cc1. The Morgan fingerprint density at radius 1 is 1.00 bits per heavy atom. The smallest absolute Gasteiger partial charge is 0.291 e. The molecule has 2 aromatic carbocycles. The number of aryl methyl sites for hydroxylation is 2. The van der Waals surface area contributed by atoms with Gasteiger partial charge in [0.05, 0.1) is 18.5 Å².